The van der Waals surface area contributed by atoms with Crippen LogP contribution >= 0.6 is 0 Å². The number of fused-ring (bicyclic) bond motifs is 1. The average Bonchev–Trinajstić information content (AvgIpc) is 3.03. The third-order valence-corrected chi connectivity index (χ3v) is 3.96. The topological polar surface area (TPSA) is 46.1 Å². The van der Waals surface area contributed by atoms with Gasteiger partial charge in [-0.3, -0.25) is 4.79 Å². The molecular weight excluding hydrogens is 250 g/mol. The van der Waals surface area contributed by atoms with Gasteiger partial charge in [-0.25, -0.2) is 0 Å². The van der Waals surface area contributed by atoms with E-state index in [0.29, 0.717) is 12.2 Å². The van der Waals surface area contributed by atoms with Crippen LogP contribution in [0.15, 0.2) is 30.3 Å². The molecule has 20 heavy (non-hydrogen) atoms. The molecule has 104 valence electrons. The molecule has 1 aliphatic heterocycles. The van der Waals surface area contributed by atoms with E-state index >= 15 is 0 Å². The van der Waals surface area contributed by atoms with Crippen LogP contribution in [0.3, 0.4) is 0 Å². The van der Waals surface area contributed by atoms with Gasteiger partial charge in [-0.2, -0.15) is 0 Å². The van der Waals surface area contributed by atoms with E-state index < -0.39 is 0 Å². The third-order valence-electron chi connectivity index (χ3n) is 3.96. The molecule has 2 aromatic rings. The fraction of sp³-hybridized carbons (Fsp3) is 0.312. The Morgan fingerprint density at radius 2 is 2.05 bits per heavy atom. The molecule has 0 saturated heterocycles. The van der Waals surface area contributed by atoms with Gasteiger partial charge in [0.15, 0.2) is 0 Å². The zero-order chi connectivity index (χ0) is 14.1. The largest absolute Gasteiger partial charge is 0.347 e. The van der Waals surface area contributed by atoms with Gasteiger partial charge in [0.2, 0.25) is 0 Å². The Morgan fingerprint density at radius 1 is 1.25 bits per heavy atom. The Balaban J connectivity index is 1.67. The fourth-order valence-corrected chi connectivity index (χ4v) is 2.57. The lowest BCUT2D eigenvalue weighted by Gasteiger charge is -2.08. The van der Waals surface area contributed by atoms with Crippen molar-refractivity contribution >= 4 is 5.91 Å². The predicted octanol–water partition coefficient (Wildman–Crippen LogP) is 1.87. The smallest absolute Gasteiger partial charge is 0.268 e. The van der Waals surface area contributed by atoms with Gasteiger partial charge in [-0.15, -0.1) is 0 Å². The number of hydrogen-bond donors (Lipinski definition) is 2. The molecule has 1 aromatic carbocycles. The first kappa shape index (κ1) is 12.9. The number of benzene rings is 1. The van der Waals surface area contributed by atoms with Gasteiger partial charge < -0.3 is 15.2 Å². The number of rotatable bonds is 3. The predicted molar refractivity (Wildman–Crippen MR) is 78.3 cm³/mol. The highest BCUT2D eigenvalue weighted by Crippen LogP contribution is 2.17. The molecule has 2 N–H and O–H groups in total. The van der Waals surface area contributed by atoms with Crippen molar-refractivity contribution in [3.05, 3.63) is 58.4 Å². The lowest BCUT2D eigenvalue weighted by Crippen LogP contribution is -2.25. The van der Waals surface area contributed by atoms with Crippen LogP contribution in [0.1, 0.15) is 32.9 Å². The highest BCUT2D eigenvalue weighted by Gasteiger charge is 2.12. The van der Waals surface area contributed by atoms with Crippen LogP contribution in [0, 0.1) is 6.92 Å². The normalized spacial score (nSPS) is 13.3. The zero-order valence-electron chi connectivity index (χ0n) is 11.9. The van der Waals surface area contributed by atoms with E-state index in [4.69, 9.17) is 0 Å². The van der Waals surface area contributed by atoms with Gasteiger partial charge >= 0.3 is 0 Å². The van der Waals surface area contributed by atoms with E-state index in [1.165, 1.54) is 11.1 Å². The van der Waals surface area contributed by atoms with E-state index in [2.05, 4.69) is 28.8 Å². The van der Waals surface area contributed by atoms with Crippen LogP contribution in [0.4, 0.5) is 0 Å². The van der Waals surface area contributed by atoms with Crippen molar-refractivity contribution in [1.82, 2.24) is 15.2 Å². The van der Waals surface area contributed by atoms with Crippen LogP contribution < -0.4 is 10.6 Å². The monoisotopic (exact) mass is 269 g/mol. The second-order valence-corrected chi connectivity index (χ2v) is 5.31. The lowest BCUT2D eigenvalue weighted by molar-refractivity contribution is 0.0942. The molecule has 0 spiro atoms. The van der Waals surface area contributed by atoms with Crippen molar-refractivity contribution in [2.75, 3.05) is 0 Å². The first-order chi connectivity index (χ1) is 9.65. The summed E-state index contributed by atoms with van der Waals surface area (Å²) < 4.78 is 1.90. The van der Waals surface area contributed by atoms with Gasteiger partial charge in [0.1, 0.15) is 5.69 Å². The molecule has 1 aliphatic rings. The highest BCUT2D eigenvalue weighted by molar-refractivity contribution is 5.92. The summed E-state index contributed by atoms with van der Waals surface area (Å²) in [5.41, 5.74) is 5.63. The number of hydrogen-bond acceptors (Lipinski definition) is 2. The molecule has 0 unspecified atom stereocenters. The molecule has 0 atom stereocenters. The second-order valence-electron chi connectivity index (χ2n) is 5.31. The van der Waals surface area contributed by atoms with Crippen LogP contribution in [-0.4, -0.2) is 10.5 Å². The number of nitrogens with zero attached hydrogens (tertiary/aromatic N) is 1. The van der Waals surface area contributed by atoms with E-state index in [-0.39, 0.29) is 5.91 Å². The SMILES string of the molecule is Cc1ccc(C(=O)NCc2ccc3c(c2)CNC3)n1C. The van der Waals surface area contributed by atoms with Gasteiger partial charge in [0, 0.05) is 32.4 Å². The van der Waals surface area contributed by atoms with Crippen LogP contribution in [0.25, 0.3) is 0 Å². The minimum absolute atomic E-state index is 0.0285. The Bertz CT molecular complexity index is 658. The summed E-state index contributed by atoms with van der Waals surface area (Å²) in [6.45, 7) is 4.43. The van der Waals surface area contributed by atoms with Gasteiger partial charge in [0.05, 0.1) is 0 Å². The molecule has 0 fully saturated rings. The van der Waals surface area contributed by atoms with Crippen molar-refractivity contribution in [1.29, 1.82) is 0 Å². The average molecular weight is 269 g/mol. The second kappa shape index (κ2) is 5.13. The van der Waals surface area contributed by atoms with Crippen LogP contribution in [-0.2, 0) is 26.7 Å². The minimum atomic E-state index is -0.0285. The van der Waals surface area contributed by atoms with E-state index in [0.717, 1.165) is 24.3 Å². The molecule has 1 amide bonds. The Hall–Kier alpha value is -2.07. The maximum absolute atomic E-state index is 12.1. The summed E-state index contributed by atoms with van der Waals surface area (Å²) in [4.78, 5) is 12.1. The van der Waals surface area contributed by atoms with E-state index in [1.54, 1.807) is 0 Å². The summed E-state index contributed by atoms with van der Waals surface area (Å²) in [5.74, 6) is -0.0285. The number of nitrogens with one attached hydrogen (secondary N) is 2. The lowest BCUT2D eigenvalue weighted by atomic mass is 10.1. The first-order valence-corrected chi connectivity index (χ1v) is 6.87. The van der Waals surface area contributed by atoms with Crippen molar-refractivity contribution < 1.29 is 4.79 Å². The maximum atomic E-state index is 12.1. The molecule has 1 aromatic heterocycles. The Morgan fingerprint density at radius 3 is 2.80 bits per heavy atom. The summed E-state index contributed by atoms with van der Waals surface area (Å²) in [7, 11) is 1.91. The molecule has 4 heteroatoms. The summed E-state index contributed by atoms with van der Waals surface area (Å²) in [6, 6.07) is 10.2. The number of carbonyl (C=O) groups is 1. The fourth-order valence-electron chi connectivity index (χ4n) is 2.57. The molecular formula is C16H19N3O. The Labute approximate surface area is 118 Å². The molecule has 0 bridgehead atoms. The molecule has 0 radical (unpaired) electrons. The highest BCUT2D eigenvalue weighted by atomic mass is 16.1. The van der Waals surface area contributed by atoms with Gasteiger partial charge in [0.25, 0.3) is 5.91 Å². The standard InChI is InChI=1S/C16H19N3O/c1-11-3-6-15(19(11)2)16(20)18-8-12-4-5-13-9-17-10-14(13)7-12/h3-7,17H,8-10H2,1-2H3,(H,18,20). The third kappa shape index (κ3) is 2.34. The van der Waals surface area contributed by atoms with Gasteiger partial charge in [-0.1, -0.05) is 18.2 Å². The van der Waals surface area contributed by atoms with Crippen LogP contribution in [0.2, 0.25) is 0 Å². The van der Waals surface area contributed by atoms with Gasteiger partial charge in [-0.05, 0) is 35.7 Å². The summed E-state index contributed by atoms with van der Waals surface area (Å²) in [5, 5.41) is 6.31. The minimum Gasteiger partial charge on any atom is -0.347 e. The molecule has 3 rings (SSSR count). The molecule has 0 saturated carbocycles. The van der Waals surface area contributed by atoms with E-state index in [1.807, 2.05) is 30.7 Å². The maximum Gasteiger partial charge on any atom is 0.268 e. The number of amides is 1. The Kier molecular flexibility index (Phi) is 3.32. The molecule has 2 heterocycles. The van der Waals surface area contributed by atoms with Crippen molar-refractivity contribution in [3.8, 4) is 0 Å². The number of aromatic nitrogens is 1. The van der Waals surface area contributed by atoms with Crippen molar-refractivity contribution in [2.45, 2.75) is 26.6 Å². The van der Waals surface area contributed by atoms with Crippen molar-refractivity contribution in [2.24, 2.45) is 7.05 Å². The molecule has 4 nitrogen and oxygen atoms in total. The quantitative estimate of drug-likeness (QED) is 0.893. The molecule has 0 aliphatic carbocycles. The zero-order valence-corrected chi connectivity index (χ0v) is 11.9. The first-order valence-electron chi connectivity index (χ1n) is 6.87. The van der Waals surface area contributed by atoms with Crippen LogP contribution in [0.5, 0.6) is 0 Å². The number of carbonyl (C=O) groups excluding carboxylic acids is 1. The van der Waals surface area contributed by atoms with E-state index in [9.17, 15) is 4.79 Å². The van der Waals surface area contributed by atoms with Crippen molar-refractivity contribution in [3.63, 3.8) is 0 Å². The summed E-state index contributed by atoms with van der Waals surface area (Å²) >= 11 is 0. The summed E-state index contributed by atoms with van der Waals surface area (Å²) in [6.07, 6.45) is 0. The number of aryl methyl sites for hydroxylation is 1.